The first kappa shape index (κ1) is 21.3. The van der Waals surface area contributed by atoms with Crippen molar-refractivity contribution >= 4 is 27.3 Å². The van der Waals surface area contributed by atoms with E-state index < -0.39 is 10.0 Å². The second-order valence-electron chi connectivity index (χ2n) is 8.16. The molecule has 3 aromatic rings. The van der Waals surface area contributed by atoms with E-state index in [0.29, 0.717) is 18.7 Å². The number of rotatable bonds is 5. The van der Waals surface area contributed by atoms with E-state index in [1.54, 1.807) is 29.5 Å². The van der Waals surface area contributed by atoms with Crippen molar-refractivity contribution in [2.45, 2.75) is 56.6 Å². The van der Waals surface area contributed by atoms with Gasteiger partial charge in [-0.25, -0.2) is 8.42 Å². The quantitative estimate of drug-likeness (QED) is 0.617. The number of carbonyl (C=O) groups is 1. The molecule has 0 aliphatic carbocycles. The van der Waals surface area contributed by atoms with Crippen LogP contribution in [-0.2, 0) is 42.5 Å². The summed E-state index contributed by atoms with van der Waals surface area (Å²) in [6.07, 6.45) is 4.98. The minimum absolute atomic E-state index is 0.139. The zero-order chi connectivity index (χ0) is 22.1. The molecule has 0 radical (unpaired) electrons. The predicted molar refractivity (Wildman–Crippen MR) is 121 cm³/mol. The molecule has 0 unspecified atom stereocenters. The van der Waals surface area contributed by atoms with Crippen LogP contribution in [0.15, 0.2) is 40.6 Å². The first-order valence-electron chi connectivity index (χ1n) is 10.9. The third kappa shape index (κ3) is 4.10. The minimum Gasteiger partial charge on any atom is -0.345 e. The molecule has 0 bridgehead atoms. The topological polar surface area (TPSA) is 97.2 Å². The van der Waals surface area contributed by atoms with Crippen molar-refractivity contribution in [1.29, 1.82) is 0 Å². The summed E-state index contributed by atoms with van der Waals surface area (Å²) in [6.45, 7) is 1.94. The molecule has 2 aromatic heterocycles. The Labute approximate surface area is 191 Å². The number of fused-ring (bicyclic) bond motifs is 2. The number of sulfonamides is 1. The van der Waals surface area contributed by atoms with Gasteiger partial charge in [0.15, 0.2) is 5.82 Å². The molecule has 1 aromatic carbocycles. The fraction of sp³-hybridized carbons (Fsp3) is 0.409. The summed E-state index contributed by atoms with van der Waals surface area (Å²) in [6, 6.07) is 8.24. The van der Waals surface area contributed by atoms with Crippen molar-refractivity contribution in [1.82, 2.24) is 24.4 Å². The van der Waals surface area contributed by atoms with Crippen LogP contribution in [-0.4, -0.2) is 39.9 Å². The first-order chi connectivity index (χ1) is 15.5. The maximum absolute atomic E-state index is 13.2. The highest BCUT2D eigenvalue weighted by Crippen LogP contribution is 2.28. The molecule has 0 saturated carbocycles. The van der Waals surface area contributed by atoms with Crippen molar-refractivity contribution in [2.24, 2.45) is 0 Å². The molecule has 0 spiro atoms. The van der Waals surface area contributed by atoms with E-state index in [0.717, 1.165) is 49.4 Å². The fourth-order valence-corrected chi connectivity index (χ4v) is 6.67. The minimum atomic E-state index is -3.68. The van der Waals surface area contributed by atoms with Crippen LogP contribution in [0.2, 0.25) is 0 Å². The number of nitrogens with one attached hydrogen (secondary N) is 1. The van der Waals surface area contributed by atoms with Crippen molar-refractivity contribution in [3.05, 3.63) is 63.4 Å². The van der Waals surface area contributed by atoms with Gasteiger partial charge >= 0.3 is 0 Å². The SMILES string of the molecule is O=C(NCc1nnc2n1CCCCC2)c1cccc(S(=O)(=O)N2CCc3sccc3C2)c1. The summed E-state index contributed by atoms with van der Waals surface area (Å²) < 4.78 is 30.0. The second kappa shape index (κ2) is 8.76. The highest BCUT2D eigenvalue weighted by atomic mass is 32.2. The lowest BCUT2D eigenvalue weighted by Gasteiger charge is -2.26. The lowest BCUT2D eigenvalue weighted by molar-refractivity contribution is 0.0949. The van der Waals surface area contributed by atoms with Crippen LogP contribution in [0.3, 0.4) is 0 Å². The predicted octanol–water partition coefficient (Wildman–Crippen LogP) is 2.74. The number of nitrogens with zero attached hydrogens (tertiary/aromatic N) is 4. The molecule has 8 nitrogen and oxygen atoms in total. The molecule has 1 N–H and O–H groups in total. The average molecular weight is 472 g/mol. The van der Waals surface area contributed by atoms with Crippen molar-refractivity contribution < 1.29 is 13.2 Å². The maximum atomic E-state index is 13.2. The molecular weight excluding hydrogens is 446 g/mol. The van der Waals surface area contributed by atoms with E-state index in [1.807, 2.05) is 11.4 Å². The molecule has 168 valence electrons. The molecule has 0 atom stereocenters. The molecule has 5 rings (SSSR count). The zero-order valence-corrected chi connectivity index (χ0v) is 19.3. The highest BCUT2D eigenvalue weighted by Gasteiger charge is 2.29. The normalized spacial score (nSPS) is 16.8. The largest absolute Gasteiger partial charge is 0.345 e. The number of hydrogen-bond acceptors (Lipinski definition) is 6. The van der Waals surface area contributed by atoms with Gasteiger partial charge < -0.3 is 9.88 Å². The number of aryl methyl sites for hydroxylation is 1. The first-order valence-corrected chi connectivity index (χ1v) is 13.2. The zero-order valence-electron chi connectivity index (χ0n) is 17.7. The summed E-state index contributed by atoms with van der Waals surface area (Å²) >= 11 is 1.67. The summed E-state index contributed by atoms with van der Waals surface area (Å²) in [5.41, 5.74) is 1.38. The third-order valence-corrected chi connectivity index (χ3v) is 8.96. The summed E-state index contributed by atoms with van der Waals surface area (Å²) in [4.78, 5) is 14.2. The standard InChI is InChI=1S/C22H25N5O3S2/c28-22(23-14-21-25-24-20-7-2-1-3-10-27(20)21)16-5-4-6-18(13-16)32(29,30)26-11-8-19-17(15-26)9-12-31-19/h4-6,9,12-13H,1-3,7-8,10-11,14-15H2,(H,23,28). The van der Waals surface area contributed by atoms with Gasteiger partial charge in [0.2, 0.25) is 10.0 Å². The average Bonchev–Trinajstić information content (AvgIpc) is 3.37. The lowest BCUT2D eigenvalue weighted by Crippen LogP contribution is -2.35. The Morgan fingerprint density at radius 2 is 2.00 bits per heavy atom. The van der Waals surface area contributed by atoms with Crippen LogP contribution in [0.5, 0.6) is 0 Å². The van der Waals surface area contributed by atoms with Gasteiger partial charge in [-0.3, -0.25) is 4.79 Å². The lowest BCUT2D eigenvalue weighted by atomic mass is 10.1. The van der Waals surface area contributed by atoms with Crippen molar-refractivity contribution in [3.8, 4) is 0 Å². The Kier molecular flexibility index (Phi) is 5.83. The Morgan fingerprint density at radius 3 is 2.91 bits per heavy atom. The Morgan fingerprint density at radius 1 is 1.09 bits per heavy atom. The van der Waals surface area contributed by atoms with Gasteiger partial charge in [0.05, 0.1) is 11.4 Å². The monoisotopic (exact) mass is 471 g/mol. The molecule has 0 fully saturated rings. The molecule has 32 heavy (non-hydrogen) atoms. The van der Waals surface area contributed by atoms with Crippen molar-refractivity contribution in [2.75, 3.05) is 6.54 Å². The summed E-state index contributed by atoms with van der Waals surface area (Å²) in [5, 5.41) is 13.4. The maximum Gasteiger partial charge on any atom is 0.251 e. The number of amides is 1. The van der Waals surface area contributed by atoms with Crippen LogP contribution in [0, 0.1) is 0 Å². The Bertz CT molecular complexity index is 1250. The van der Waals surface area contributed by atoms with Gasteiger partial charge in [0.25, 0.3) is 5.91 Å². The molecule has 10 heteroatoms. The van der Waals surface area contributed by atoms with Gasteiger partial charge in [-0.2, -0.15) is 4.31 Å². The summed E-state index contributed by atoms with van der Waals surface area (Å²) in [5.74, 6) is 1.38. The molecule has 2 aliphatic rings. The van der Waals surface area contributed by atoms with E-state index in [1.165, 1.54) is 21.7 Å². The van der Waals surface area contributed by atoms with E-state index in [9.17, 15) is 13.2 Å². The highest BCUT2D eigenvalue weighted by molar-refractivity contribution is 7.89. The number of carbonyl (C=O) groups excluding carboxylic acids is 1. The van der Waals surface area contributed by atoms with Gasteiger partial charge in [-0.05, 0) is 54.5 Å². The Hall–Kier alpha value is -2.56. The molecule has 1 amide bonds. The fourth-order valence-electron chi connectivity index (χ4n) is 4.31. The number of hydrogen-bond donors (Lipinski definition) is 1. The summed E-state index contributed by atoms with van der Waals surface area (Å²) in [7, 11) is -3.68. The van der Waals surface area contributed by atoms with Gasteiger partial charge in [0, 0.05) is 36.5 Å². The third-order valence-electron chi connectivity index (χ3n) is 6.10. The van der Waals surface area contributed by atoms with Crippen LogP contribution in [0.1, 0.15) is 51.7 Å². The van der Waals surface area contributed by atoms with E-state index in [2.05, 4.69) is 20.1 Å². The van der Waals surface area contributed by atoms with Gasteiger partial charge in [-0.15, -0.1) is 21.5 Å². The van der Waals surface area contributed by atoms with Gasteiger partial charge in [-0.1, -0.05) is 12.5 Å². The van der Waals surface area contributed by atoms with Crippen LogP contribution < -0.4 is 5.32 Å². The molecular formula is C22H25N5O3S2. The number of aromatic nitrogens is 3. The number of benzene rings is 1. The smallest absolute Gasteiger partial charge is 0.251 e. The second-order valence-corrected chi connectivity index (χ2v) is 11.1. The van der Waals surface area contributed by atoms with Crippen LogP contribution in [0.4, 0.5) is 0 Å². The van der Waals surface area contributed by atoms with E-state index >= 15 is 0 Å². The van der Waals surface area contributed by atoms with Crippen LogP contribution in [0.25, 0.3) is 0 Å². The molecule has 4 heterocycles. The van der Waals surface area contributed by atoms with Gasteiger partial charge in [0.1, 0.15) is 5.82 Å². The van der Waals surface area contributed by atoms with E-state index in [-0.39, 0.29) is 17.3 Å². The van der Waals surface area contributed by atoms with E-state index in [4.69, 9.17) is 0 Å². The molecule has 2 aliphatic heterocycles. The van der Waals surface area contributed by atoms with Crippen molar-refractivity contribution in [3.63, 3.8) is 0 Å². The van der Waals surface area contributed by atoms with Crippen LogP contribution >= 0.6 is 11.3 Å². The number of thiophene rings is 1. The Balaban J connectivity index is 1.30. The molecule has 0 saturated heterocycles.